The zero-order valence-corrected chi connectivity index (χ0v) is 13.9. The minimum atomic E-state index is -3.64. The average molecular weight is 286 g/mol. The Kier molecular flexibility index (Phi) is 7.76. The van der Waals surface area contributed by atoms with Gasteiger partial charge in [0.2, 0.25) is 0 Å². The molecular weight excluding hydrogens is 271 g/mol. The Labute approximate surface area is 129 Å². The Bertz CT molecular complexity index is 429. The molecule has 1 radical (unpaired) electrons. The fourth-order valence-electron chi connectivity index (χ4n) is 1.11. The molecule has 0 saturated heterocycles. The monoisotopic (exact) mass is 285 g/mol. The first kappa shape index (κ1) is 17.3. The van der Waals surface area contributed by atoms with E-state index in [9.17, 15) is 8.42 Å². The van der Waals surface area contributed by atoms with Gasteiger partial charge in [0.25, 0.3) is 9.05 Å². The molecule has 0 atom stereocenters. The smallest absolute Gasteiger partial charge is 0.261 e. The van der Waals surface area contributed by atoms with Crippen LogP contribution in [0.5, 0.6) is 5.75 Å². The molecule has 1 rings (SSSR count). The van der Waals surface area contributed by atoms with Gasteiger partial charge in [0.1, 0.15) is 5.75 Å². The molecule has 0 aliphatic rings. The Morgan fingerprint density at radius 3 is 2.18 bits per heavy atom. The maximum absolute atomic E-state index is 11.0. The summed E-state index contributed by atoms with van der Waals surface area (Å²) in [6.07, 6.45) is 0.968. The minimum absolute atomic E-state index is 0. The van der Waals surface area contributed by atoms with Crippen LogP contribution in [0.2, 0.25) is 0 Å². The minimum Gasteiger partial charge on any atom is -0.494 e. The van der Waals surface area contributed by atoms with Crippen LogP contribution in [0.3, 0.4) is 0 Å². The zero-order chi connectivity index (χ0) is 12.2. The van der Waals surface area contributed by atoms with Crippen molar-refractivity contribution in [3.63, 3.8) is 0 Å². The molecule has 0 bridgehead atoms. The standard InChI is InChI=1S/C11H15ClO3S.Na/c1-9(2)7-8-15-10-3-5-11(6-4-10)16(12,13)14;/h3-6,9H,7-8H2,1-2H3;. The van der Waals surface area contributed by atoms with Gasteiger partial charge in [0.05, 0.1) is 11.5 Å². The van der Waals surface area contributed by atoms with Crippen LogP contribution in [-0.4, -0.2) is 44.6 Å². The van der Waals surface area contributed by atoms with Crippen LogP contribution in [0, 0.1) is 5.92 Å². The summed E-state index contributed by atoms with van der Waals surface area (Å²) in [5.41, 5.74) is 0. The number of hydrogen-bond acceptors (Lipinski definition) is 3. The van der Waals surface area contributed by atoms with Crippen molar-refractivity contribution < 1.29 is 13.2 Å². The van der Waals surface area contributed by atoms with Gasteiger partial charge in [-0.15, -0.1) is 0 Å². The van der Waals surface area contributed by atoms with Crippen molar-refractivity contribution in [2.75, 3.05) is 6.61 Å². The molecule has 0 amide bonds. The predicted octanol–water partition coefficient (Wildman–Crippen LogP) is 2.66. The van der Waals surface area contributed by atoms with E-state index in [4.69, 9.17) is 15.4 Å². The van der Waals surface area contributed by atoms with Gasteiger partial charge in [0, 0.05) is 40.2 Å². The second-order valence-corrected chi connectivity index (χ2v) is 6.51. The molecule has 1 aromatic carbocycles. The molecule has 91 valence electrons. The Morgan fingerprint density at radius 2 is 1.76 bits per heavy atom. The molecule has 3 nitrogen and oxygen atoms in total. The van der Waals surface area contributed by atoms with Crippen molar-refractivity contribution >= 4 is 49.3 Å². The Morgan fingerprint density at radius 1 is 1.24 bits per heavy atom. The van der Waals surface area contributed by atoms with Gasteiger partial charge in [-0.25, -0.2) is 8.42 Å². The predicted molar refractivity (Wildman–Crippen MR) is 70.2 cm³/mol. The number of ether oxygens (including phenoxy) is 1. The van der Waals surface area contributed by atoms with Crippen molar-refractivity contribution in [2.45, 2.75) is 25.2 Å². The second kappa shape index (κ2) is 7.64. The molecule has 0 unspecified atom stereocenters. The first-order valence-electron chi connectivity index (χ1n) is 5.07. The third kappa shape index (κ3) is 6.67. The third-order valence-electron chi connectivity index (χ3n) is 2.07. The van der Waals surface area contributed by atoms with Crippen LogP contribution in [0.1, 0.15) is 20.3 Å². The summed E-state index contributed by atoms with van der Waals surface area (Å²) in [7, 11) is 1.55. The van der Waals surface area contributed by atoms with Crippen LogP contribution in [0.15, 0.2) is 29.2 Å². The molecule has 0 aromatic heterocycles. The van der Waals surface area contributed by atoms with Crippen LogP contribution in [0.4, 0.5) is 0 Å². The fraction of sp³-hybridized carbons (Fsp3) is 0.455. The molecule has 6 heteroatoms. The molecule has 0 N–H and O–H groups in total. The molecule has 17 heavy (non-hydrogen) atoms. The van der Waals surface area contributed by atoms with Gasteiger partial charge in [-0.05, 0) is 36.6 Å². The van der Waals surface area contributed by atoms with Crippen molar-refractivity contribution in [3.05, 3.63) is 24.3 Å². The molecular formula is C11H15ClNaO3S. The van der Waals surface area contributed by atoms with Crippen LogP contribution >= 0.6 is 10.7 Å². The maximum atomic E-state index is 11.0. The molecule has 0 aliphatic carbocycles. The summed E-state index contributed by atoms with van der Waals surface area (Å²) >= 11 is 0. The van der Waals surface area contributed by atoms with Gasteiger partial charge in [-0.3, -0.25) is 0 Å². The van der Waals surface area contributed by atoms with E-state index in [0.29, 0.717) is 18.3 Å². The first-order chi connectivity index (χ1) is 7.39. The topological polar surface area (TPSA) is 43.4 Å². The van der Waals surface area contributed by atoms with Crippen molar-refractivity contribution in [1.82, 2.24) is 0 Å². The van der Waals surface area contributed by atoms with Gasteiger partial charge < -0.3 is 4.74 Å². The van der Waals surface area contributed by atoms with E-state index < -0.39 is 9.05 Å². The van der Waals surface area contributed by atoms with Crippen LogP contribution in [-0.2, 0) is 9.05 Å². The summed E-state index contributed by atoms with van der Waals surface area (Å²) < 4.78 is 27.4. The van der Waals surface area contributed by atoms with Gasteiger partial charge in [-0.1, -0.05) is 13.8 Å². The van der Waals surface area contributed by atoms with E-state index in [1.807, 2.05) is 0 Å². The van der Waals surface area contributed by atoms with Gasteiger partial charge in [0.15, 0.2) is 0 Å². The Balaban J connectivity index is 0.00000256. The molecule has 0 spiro atoms. The fourth-order valence-corrected chi connectivity index (χ4v) is 1.88. The van der Waals surface area contributed by atoms with Gasteiger partial charge >= 0.3 is 0 Å². The number of benzene rings is 1. The third-order valence-corrected chi connectivity index (χ3v) is 3.44. The number of hydrogen-bond donors (Lipinski definition) is 0. The van der Waals surface area contributed by atoms with Crippen molar-refractivity contribution in [3.8, 4) is 5.75 Å². The van der Waals surface area contributed by atoms with Crippen LogP contribution < -0.4 is 4.74 Å². The van der Waals surface area contributed by atoms with E-state index >= 15 is 0 Å². The average Bonchev–Trinajstić information content (AvgIpc) is 2.16. The van der Waals surface area contributed by atoms with Crippen LogP contribution in [0.25, 0.3) is 0 Å². The van der Waals surface area contributed by atoms with Crippen molar-refractivity contribution in [2.24, 2.45) is 5.92 Å². The summed E-state index contributed by atoms with van der Waals surface area (Å²) in [5, 5.41) is 0. The number of halogens is 1. The summed E-state index contributed by atoms with van der Waals surface area (Å²) in [6.45, 7) is 4.86. The zero-order valence-electron chi connectivity index (χ0n) is 10.3. The molecule has 0 heterocycles. The molecule has 0 saturated carbocycles. The Hall–Kier alpha value is 0.260. The molecule has 1 aromatic rings. The van der Waals surface area contributed by atoms with Crippen molar-refractivity contribution in [1.29, 1.82) is 0 Å². The van der Waals surface area contributed by atoms with E-state index in [-0.39, 0.29) is 34.5 Å². The second-order valence-electron chi connectivity index (χ2n) is 3.94. The molecule has 0 fully saturated rings. The first-order valence-corrected chi connectivity index (χ1v) is 7.38. The molecule has 0 aliphatic heterocycles. The van der Waals surface area contributed by atoms with E-state index in [1.54, 1.807) is 12.1 Å². The maximum Gasteiger partial charge on any atom is 0.261 e. The quantitative estimate of drug-likeness (QED) is 0.617. The van der Waals surface area contributed by atoms with Gasteiger partial charge in [-0.2, -0.15) is 0 Å². The van der Waals surface area contributed by atoms with E-state index in [0.717, 1.165) is 6.42 Å². The number of rotatable bonds is 5. The summed E-state index contributed by atoms with van der Waals surface area (Å²) in [5.74, 6) is 1.24. The van der Waals surface area contributed by atoms with E-state index in [1.165, 1.54) is 12.1 Å². The normalized spacial score (nSPS) is 11.1. The summed E-state index contributed by atoms with van der Waals surface area (Å²) in [4.78, 5) is 0.0883. The van der Waals surface area contributed by atoms with E-state index in [2.05, 4.69) is 13.8 Å². The largest absolute Gasteiger partial charge is 0.494 e. The SMILES string of the molecule is CC(C)CCOc1ccc(S(=O)(=O)Cl)cc1.[Na]. The summed E-state index contributed by atoms with van der Waals surface area (Å²) in [6, 6.07) is 6.09.